The molecule has 0 spiro atoms. The molecule has 0 bridgehead atoms. The third kappa shape index (κ3) is 3.61. The van der Waals surface area contributed by atoms with Gasteiger partial charge in [0.05, 0.1) is 11.7 Å². The van der Waals surface area contributed by atoms with E-state index in [2.05, 4.69) is 30.2 Å². The number of nitrogens with one attached hydrogen (secondary N) is 1. The second kappa shape index (κ2) is 8.04. The summed E-state index contributed by atoms with van der Waals surface area (Å²) in [6.45, 7) is 0.567. The highest BCUT2D eigenvalue weighted by molar-refractivity contribution is 5.85. The highest BCUT2D eigenvalue weighted by Gasteiger charge is 2.19. The Morgan fingerprint density at radius 3 is 2.58 bits per heavy atom. The Morgan fingerprint density at radius 2 is 1.82 bits per heavy atom. The quantitative estimate of drug-likeness (QED) is 0.404. The number of para-hydroxylation sites is 2. The molecule has 0 aliphatic carbocycles. The van der Waals surface area contributed by atoms with Crippen LogP contribution in [0.15, 0.2) is 89.7 Å². The number of H-pyrrole nitrogens is 1. The van der Waals surface area contributed by atoms with Crippen LogP contribution in [0.2, 0.25) is 0 Å². The van der Waals surface area contributed by atoms with Crippen LogP contribution in [0.5, 0.6) is 11.5 Å². The van der Waals surface area contributed by atoms with Crippen LogP contribution in [-0.4, -0.2) is 35.2 Å². The van der Waals surface area contributed by atoms with Crippen molar-refractivity contribution in [3.05, 3.63) is 90.8 Å². The largest absolute Gasteiger partial charge is 0.455 e. The van der Waals surface area contributed by atoms with Crippen LogP contribution in [0.3, 0.4) is 0 Å². The normalized spacial score (nSPS) is 11.2. The number of oxazole rings is 1. The Kier molecular flexibility index (Phi) is 4.62. The first kappa shape index (κ1) is 18.9. The van der Waals surface area contributed by atoms with Crippen LogP contribution in [0.4, 0.5) is 0 Å². The molecule has 3 aromatic heterocycles. The molecule has 6 rings (SSSR count). The first-order valence-corrected chi connectivity index (χ1v) is 10.3. The Hall–Kier alpha value is -4.79. The van der Waals surface area contributed by atoms with E-state index in [9.17, 15) is 0 Å². The summed E-state index contributed by atoms with van der Waals surface area (Å²) >= 11 is 0. The number of imidazole rings is 1. The maximum atomic E-state index is 6.14. The van der Waals surface area contributed by atoms with Gasteiger partial charge in [-0.1, -0.05) is 48.5 Å². The Bertz CT molecular complexity index is 1490. The third-order valence-electron chi connectivity index (χ3n) is 5.25. The van der Waals surface area contributed by atoms with Gasteiger partial charge in [0.1, 0.15) is 17.5 Å². The smallest absolute Gasteiger partial charge is 0.263 e. The number of hydrogen-bond acceptors (Lipinski definition) is 7. The first-order chi connectivity index (χ1) is 16.3. The average Bonchev–Trinajstić information content (AvgIpc) is 3.63. The molecule has 3 aromatic carbocycles. The third-order valence-corrected chi connectivity index (χ3v) is 5.25. The molecule has 0 aliphatic rings. The molecule has 0 unspecified atom stereocenters. The zero-order valence-corrected chi connectivity index (χ0v) is 17.3. The summed E-state index contributed by atoms with van der Waals surface area (Å²) in [4.78, 5) is 9.18. The van der Waals surface area contributed by atoms with E-state index >= 15 is 0 Å². The van der Waals surface area contributed by atoms with E-state index in [4.69, 9.17) is 14.1 Å². The van der Waals surface area contributed by atoms with E-state index in [-0.39, 0.29) is 0 Å². The summed E-state index contributed by atoms with van der Waals surface area (Å²) < 4.78 is 13.8. The number of ether oxygens (including phenoxy) is 1. The summed E-state index contributed by atoms with van der Waals surface area (Å²) in [5, 5.41) is 14.0. The van der Waals surface area contributed by atoms with Gasteiger partial charge in [-0.25, -0.2) is 15.1 Å². The predicted molar refractivity (Wildman–Crippen MR) is 120 cm³/mol. The van der Waals surface area contributed by atoms with Gasteiger partial charge in [-0.3, -0.25) is 0 Å². The van der Waals surface area contributed by atoms with E-state index in [1.165, 1.54) is 0 Å². The monoisotopic (exact) mass is 435 g/mol. The van der Waals surface area contributed by atoms with Crippen LogP contribution < -0.4 is 4.74 Å². The molecule has 0 amide bonds. The maximum Gasteiger partial charge on any atom is 0.263 e. The van der Waals surface area contributed by atoms with Crippen molar-refractivity contribution in [2.24, 2.45) is 0 Å². The van der Waals surface area contributed by atoms with Gasteiger partial charge in [0.25, 0.3) is 5.89 Å². The van der Waals surface area contributed by atoms with Crippen molar-refractivity contribution < 1.29 is 9.15 Å². The number of fused-ring (bicyclic) bond motifs is 1. The number of hydrogen-bond donors (Lipinski definition) is 1. The fourth-order valence-corrected chi connectivity index (χ4v) is 3.71. The summed E-state index contributed by atoms with van der Waals surface area (Å²) in [7, 11) is 0. The molecular weight excluding hydrogens is 418 g/mol. The molecule has 160 valence electrons. The molecule has 6 aromatic rings. The minimum atomic E-state index is 0.446. The number of benzene rings is 3. The molecule has 1 N–H and O–H groups in total. The van der Waals surface area contributed by atoms with E-state index in [1.807, 2.05) is 72.8 Å². The van der Waals surface area contributed by atoms with Crippen molar-refractivity contribution in [2.75, 3.05) is 0 Å². The summed E-state index contributed by atoms with van der Waals surface area (Å²) in [6, 6.07) is 23.6. The van der Waals surface area contributed by atoms with Crippen LogP contribution in [0.25, 0.3) is 34.1 Å². The molecular formula is C24H17N7O2. The van der Waals surface area contributed by atoms with Crippen molar-refractivity contribution in [1.82, 2.24) is 35.2 Å². The van der Waals surface area contributed by atoms with Crippen LogP contribution in [0.1, 0.15) is 5.56 Å². The fraction of sp³-hybridized carbons (Fsp3) is 0.0417. The molecule has 0 radical (unpaired) electrons. The van der Waals surface area contributed by atoms with Crippen LogP contribution in [-0.2, 0) is 6.54 Å². The minimum Gasteiger partial charge on any atom is -0.455 e. The van der Waals surface area contributed by atoms with Gasteiger partial charge in [-0.05, 0) is 40.3 Å². The fourth-order valence-electron chi connectivity index (χ4n) is 3.71. The maximum absolute atomic E-state index is 6.14. The topological polar surface area (TPSA) is 108 Å². The van der Waals surface area contributed by atoms with Gasteiger partial charge in [0.2, 0.25) is 0 Å². The Balaban J connectivity index is 1.42. The lowest BCUT2D eigenvalue weighted by Gasteiger charge is -2.09. The van der Waals surface area contributed by atoms with Gasteiger partial charge in [0.15, 0.2) is 17.4 Å². The molecule has 0 aliphatic heterocycles. The van der Waals surface area contributed by atoms with Crippen molar-refractivity contribution >= 4 is 11.0 Å². The minimum absolute atomic E-state index is 0.446. The van der Waals surface area contributed by atoms with E-state index in [0.29, 0.717) is 29.8 Å². The standard InChI is InChI=1S/C24H17N7O2/c1-2-5-18(6-3-1)33-20-8-4-7-19-21(20)26-23(24-25-13-14-32-24)31(19)15-16-9-11-17(12-10-16)22-27-29-30-28-22/h1-14H,15H2,(H,27,28,29,30). The van der Waals surface area contributed by atoms with E-state index in [1.54, 1.807) is 12.5 Å². The summed E-state index contributed by atoms with van der Waals surface area (Å²) in [6.07, 6.45) is 3.15. The van der Waals surface area contributed by atoms with Crippen LogP contribution >= 0.6 is 0 Å². The van der Waals surface area contributed by atoms with Crippen molar-refractivity contribution in [1.29, 1.82) is 0 Å². The molecule has 33 heavy (non-hydrogen) atoms. The lowest BCUT2D eigenvalue weighted by atomic mass is 10.1. The van der Waals surface area contributed by atoms with Gasteiger partial charge in [0, 0.05) is 12.1 Å². The predicted octanol–water partition coefficient (Wildman–Crippen LogP) is 4.71. The van der Waals surface area contributed by atoms with Crippen molar-refractivity contribution in [3.63, 3.8) is 0 Å². The van der Waals surface area contributed by atoms with E-state index in [0.717, 1.165) is 27.9 Å². The van der Waals surface area contributed by atoms with Gasteiger partial charge < -0.3 is 13.7 Å². The zero-order valence-electron chi connectivity index (χ0n) is 17.3. The van der Waals surface area contributed by atoms with Crippen LogP contribution in [0, 0.1) is 0 Å². The number of aromatic nitrogens is 7. The van der Waals surface area contributed by atoms with Gasteiger partial charge in [-0.15, -0.1) is 5.10 Å². The van der Waals surface area contributed by atoms with Crippen molar-refractivity contribution in [3.8, 4) is 34.6 Å². The highest BCUT2D eigenvalue weighted by atomic mass is 16.5. The molecule has 3 heterocycles. The second-order valence-electron chi connectivity index (χ2n) is 7.34. The van der Waals surface area contributed by atoms with Gasteiger partial charge >= 0.3 is 0 Å². The van der Waals surface area contributed by atoms with E-state index < -0.39 is 0 Å². The molecule has 0 fully saturated rings. The molecule has 0 saturated carbocycles. The molecule has 0 atom stereocenters. The first-order valence-electron chi connectivity index (χ1n) is 10.3. The zero-order chi connectivity index (χ0) is 22.0. The molecule has 9 heteroatoms. The van der Waals surface area contributed by atoms with Gasteiger partial charge in [-0.2, -0.15) is 0 Å². The lowest BCUT2D eigenvalue weighted by Crippen LogP contribution is -2.02. The Morgan fingerprint density at radius 1 is 0.939 bits per heavy atom. The SMILES string of the molecule is c1ccc(Oc2cccc3c2nc(-c2ncco2)n3Cc2ccc(-c3nnn[nH]3)cc2)cc1. The second-order valence-corrected chi connectivity index (χ2v) is 7.34. The number of tetrazole rings is 1. The highest BCUT2D eigenvalue weighted by Crippen LogP contribution is 2.33. The molecule has 9 nitrogen and oxygen atoms in total. The number of aromatic amines is 1. The Labute approximate surface area is 187 Å². The number of nitrogens with zero attached hydrogens (tertiary/aromatic N) is 6. The van der Waals surface area contributed by atoms with Crippen molar-refractivity contribution in [2.45, 2.75) is 6.54 Å². The summed E-state index contributed by atoms with van der Waals surface area (Å²) in [5.74, 6) is 3.11. The number of rotatable bonds is 6. The lowest BCUT2D eigenvalue weighted by molar-refractivity contribution is 0.487. The molecule has 0 saturated heterocycles. The summed E-state index contributed by atoms with van der Waals surface area (Å²) in [5.41, 5.74) is 3.64. The average molecular weight is 435 g/mol.